The number of ether oxygens (including phenoxy) is 1. The van der Waals surface area contributed by atoms with Crippen molar-refractivity contribution < 1.29 is 19.4 Å². The number of carboxylic acids is 1. The number of esters is 1. The number of carbonyl (C=O) groups is 2. The van der Waals surface area contributed by atoms with Gasteiger partial charge in [0.25, 0.3) is 0 Å². The molecule has 5 nitrogen and oxygen atoms in total. The molecule has 2 N–H and O–H groups in total. The number of fused-ring (bicyclic) bond motifs is 1. The van der Waals surface area contributed by atoms with Crippen LogP contribution in [0.5, 0.6) is 0 Å². The van der Waals surface area contributed by atoms with Crippen LogP contribution >= 0.6 is 0 Å². The van der Waals surface area contributed by atoms with Crippen molar-refractivity contribution in [2.75, 3.05) is 5.32 Å². The zero-order chi connectivity index (χ0) is 21.1. The van der Waals surface area contributed by atoms with E-state index in [1.807, 2.05) is 18.2 Å². The van der Waals surface area contributed by atoms with Crippen LogP contribution in [0.1, 0.15) is 28.4 Å². The van der Waals surface area contributed by atoms with Gasteiger partial charge in [-0.1, -0.05) is 54.6 Å². The molecular formula is C25H21NO4. The van der Waals surface area contributed by atoms with Gasteiger partial charge in [-0.05, 0) is 52.4 Å². The highest BCUT2D eigenvalue weighted by Crippen LogP contribution is 2.33. The highest BCUT2D eigenvalue weighted by Gasteiger charge is 2.21. The van der Waals surface area contributed by atoms with Gasteiger partial charge in [0.15, 0.2) is 0 Å². The van der Waals surface area contributed by atoms with Gasteiger partial charge in [0.1, 0.15) is 0 Å². The Hall–Kier alpha value is -3.86. The third-order valence-electron chi connectivity index (χ3n) is 5.05. The van der Waals surface area contributed by atoms with E-state index in [1.54, 1.807) is 24.3 Å². The Morgan fingerprint density at radius 3 is 2.37 bits per heavy atom. The van der Waals surface area contributed by atoms with E-state index in [2.05, 4.69) is 35.6 Å². The Bertz CT molecular complexity index is 1130. The zero-order valence-electron chi connectivity index (χ0n) is 16.5. The predicted octanol–water partition coefficient (Wildman–Crippen LogP) is 5.04. The summed E-state index contributed by atoms with van der Waals surface area (Å²) in [5, 5.41) is 12.4. The highest BCUT2D eigenvalue weighted by molar-refractivity contribution is 5.87. The maximum absolute atomic E-state index is 11.7. The monoisotopic (exact) mass is 399 g/mol. The van der Waals surface area contributed by atoms with Crippen LogP contribution in [0.15, 0.2) is 84.3 Å². The minimum Gasteiger partial charge on any atom is -0.478 e. The standard InChI is InChI=1S/C25H21NO4/c1-16(27)30-24-22(13-17-7-9-19(10-8-17)25(28)29)14-21-12-11-20(15-23(21)26-24)18-5-3-2-4-6-18/h2-12,15,26H,13-14H2,1H3,(H,28,29). The van der Waals surface area contributed by atoms with Crippen LogP contribution < -0.4 is 5.32 Å². The van der Waals surface area contributed by atoms with Gasteiger partial charge < -0.3 is 15.2 Å². The zero-order valence-corrected chi connectivity index (χ0v) is 16.5. The lowest BCUT2D eigenvalue weighted by Gasteiger charge is -2.24. The van der Waals surface area contributed by atoms with Crippen molar-refractivity contribution in [1.82, 2.24) is 0 Å². The van der Waals surface area contributed by atoms with Crippen molar-refractivity contribution in [3.8, 4) is 11.1 Å². The minimum atomic E-state index is -0.955. The summed E-state index contributed by atoms with van der Waals surface area (Å²) in [5.41, 5.74) is 6.36. The smallest absolute Gasteiger partial charge is 0.335 e. The summed E-state index contributed by atoms with van der Waals surface area (Å²) in [4.78, 5) is 22.7. The lowest BCUT2D eigenvalue weighted by atomic mass is 9.92. The number of anilines is 1. The normalized spacial score (nSPS) is 12.7. The fraction of sp³-hybridized carbons (Fsp3) is 0.120. The van der Waals surface area contributed by atoms with Gasteiger partial charge in [-0.3, -0.25) is 4.79 Å². The van der Waals surface area contributed by atoms with E-state index in [9.17, 15) is 9.59 Å². The molecule has 3 aromatic rings. The topological polar surface area (TPSA) is 75.6 Å². The first-order chi connectivity index (χ1) is 14.5. The number of benzene rings is 3. The van der Waals surface area contributed by atoms with Crippen LogP contribution in [-0.4, -0.2) is 17.0 Å². The Balaban J connectivity index is 1.63. The molecule has 5 heteroatoms. The first kappa shape index (κ1) is 19.5. The molecule has 0 aromatic heterocycles. The van der Waals surface area contributed by atoms with Crippen LogP contribution in [0.3, 0.4) is 0 Å². The minimum absolute atomic E-state index is 0.244. The molecule has 30 heavy (non-hydrogen) atoms. The molecule has 0 fully saturated rings. The first-order valence-corrected chi connectivity index (χ1v) is 9.67. The second kappa shape index (κ2) is 8.25. The molecule has 0 saturated heterocycles. The Labute approximate surface area is 174 Å². The Kier molecular flexibility index (Phi) is 5.35. The number of hydrogen-bond donors (Lipinski definition) is 2. The fourth-order valence-electron chi connectivity index (χ4n) is 3.57. The molecule has 0 amide bonds. The lowest BCUT2D eigenvalue weighted by molar-refractivity contribution is -0.136. The first-order valence-electron chi connectivity index (χ1n) is 9.67. The molecule has 1 heterocycles. The summed E-state index contributed by atoms with van der Waals surface area (Å²) in [6.45, 7) is 1.38. The fourth-order valence-corrected chi connectivity index (χ4v) is 3.57. The summed E-state index contributed by atoms with van der Waals surface area (Å²) in [5.74, 6) is -0.898. The maximum Gasteiger partial charge on any atom is 0.335 e. The average molecular weight is 399 g/mol. The number of nitrogens with one attached hydrogen (secondary N) is 1. The number of rotatable bonds is 5. The molecule has 0 radical (unpaired) electrons. The van der Waals surface area contributed by atoms with Crippen LogP contribution in [0, 0.1) is 0 Å². The van der Waals surface area contributed by atoms with Gasteiger partial charge >= 0.3 is 11.9 Å². The van der Waals surface area contributed by atoms with Crippen molar-refractivity contribution >= 4 is 17.6 Å². The number of hydrogen-bond acceptors (Lipinski definition) is 4. The molecule has 150 valence electrons. The van der Waals surface area contributed by atoms with Crippen LogP contribution in [0.25, 0.3) is 11.1 Å². The van der Waals surface area contributed by atoms with E-state index < -0.39 is 5.97 Å². The molecule has 0 unspecified atom stereocenters. The van der Waals surface area contributed by atoms with Gasteiger partial charge in [0.05, 0.1) is 5.56 Å². The molecule has 3 aromatic carbocycles. The summed E-state index contributed by atoms with van der Waals surface area (Å²) in [6, 6.07) is 23.1. The quantitative estimate of drug-likeness (QED) is 0.588. The molecule has 1 aliphatic rings. The molecule has 0 bridgehead atoms. The van der Waals surface area contributed by atoms with E-state index in [0.717, 1.165) is 33.5 Å². The Morgan fingerprint density at radius 2 is 1.70 bits per heavy atom. The van der Waals surface area contributed by atoms with Gasteiger partial charge in [-0.15, -0.1) is 0 Å². The third kappa shape index (κ3) is 4.25. The van der Waals surface area contributed by atoms with Crippen molar-refractivity contribution in [2.45, 2.75) is 19.8 Å². The molecule has 1 aliphatic heterocycles. The number of allylic oxidation sites excluding steroid dienone is 1. The van der Waals surface area contributed by atoms with Gasteiger partial charge in [-0.2, -0.15) is 0 Å². The largest absolute Gasteiger partial charge is 0.478 e. The van der Waals surface area contributed by atoms with Crippen molar-refractivity contribution in [1.29, 1.82) is 0 Å². The van der Waals surface area contributed by atoms with E-state index in [-0.39, 0.29) is 11.5 Å². The number of carboxylic acid groups (broad SMARTS) is 1. The molecule has 0 atom stereocenters. The van der Waals surface area contributed by atoms with Crippen molar-refractivity contribution in [2.24, 2.45) is 0 Å². The van der Waals surface area contributed by atoms with Crippen molar-refractivity contribution in [3.05, 3.63) is 101 Å². The molecule has 0 spiro atoms. The number of carbonyl (C=O) groups excluding carboxylic acids is 1. The predicted molar refractivity (Wildman–Crippen MR) is 115 cm³/mol. The summed E-state index contributed by atoms with van der Waals surface area (Å²) < 4.78 is 5.48. The molecular weight excluding hydrogens is 378 g/mol. The highest BCUT2D eigenvalue weighted by atomic mass is 16.5. The summed E-state index contributed by atoms with van der Waals surface area (Å²) >= 11 is 0. The molecule has 4 rings (SSSR count). The van der Waals surface area contributed by atoms with Crippen molar-refractivity contribution in [3.63, 3.8) is 0 Å². The number of aromatic carboxylic acids is 1. The second-order valence-corrected chi connectivity index (χ2v) is 7.24. The van der Waals surface area contributed by atoms with Crippen LogP contribution in [0.2, 0.25) is 0 Å². The maximum atomic E-state index is 11.7. The molecule has 0 saturated carbocycles. The van der Waals surface area contributed by atoms with E-state index in [0.29, 0.717) is 18.7 Å². The van der Waals surface area contributed by atoms with Gasteiger partial charge in [-0.25, -0.2) is 4.79 Å². The van der Waals surface area contributed by atoms with Gasteiger partial charge in [0, 0.05) is 19.0 Å². The lowest BCUT2D eigenvalue weighted by Crippen LogP contribution is -2.18. The second-order valence-electron chi connectivity index (χ2n) is 7.24. The van der Waals surface area contributed by atoms with E-state index in [1.165, 1.54) is 6.92 Å². The van der Waals surface area contributed by atoms with Gasteiger partial charge in [0.2, 0.25) is 5.88 Å². The van der Waals surface area contributed by atoms with E-state index >= 15 is 0 Å². The van der Waals surface area contributed by atoms with Crippen LogP contribution in [0.4, 0.5) is 5.69 Å². The average Bonchev–Trinajstić information content (AvgIpc) is 2.74. The van der Waals surface area contributed by atoms with E-state index in [4.69, 9.17) is 9.84 Å². The molecule has 0 aliphatic carbocycles. The summed E-state index contributed by atoms with van der Waals surface area (Å²) in [7, 11) is 0. The third-order valence-corrected chi connectivity index (χ3v) is 5.05. The Morgan fingerprint density at radius 1 is 0.967 bits per heavy atom. The SMILES string of the molecule is CC(=O)OC1=C(Cc2ccc(C(=O)O)cc2)Cc2ccc(-c3ccccc3)cc2N1. The summed E-state index contributed by atoms with van der Waals surface area (Å²) in [6.07, 6.45) is 1.19. The van der Waals surface area contributed by atoms with Crippen LogP contribution in [-0.2, 0) is 22.4 Å².